The highest BCUT2D eigenvalue weighted by Crippen LogP contribution is 2.22. The minimum Gasteiger partial charge on any atom is -0.369 e. The van der Waals surface area contributed by atoms with E-state index in [1.807, 2.05) is 6.92 Å². The lowest BCUT2D eigenvalue weighted by molar-refractivity contribution is -0.133. The molecule has 4 nitrogen and oxygen atoms in total. The van der Waals surface area contributed by atoms with Gasteiger partial charge in [0, 0.05) is 18.7 Å². The van der Waals surface area contributed by atoms with E-state index in [4.69, 9.17) is 5.73 Å². The maximum absolute atomic E-state index is 13.1. The molecule has 0 radical (unpaired) electrons. The monoisotopic (exact) mass is 290 g/mol. The van der Waals surface area contributed by atoms with E-state index in [-0.39, 0.29) is 29.6 Å². The summed E-state index contributed by atoms with van der Waals surface area (Å²) in [4.78, 5) is 25.1. The fourth-order valence-corrected chi connectivity index (χ4v) is 2.52. The van der Waals surface area contributed by atoms with E-state index in [1.165, 1.54) is 18.2 Å². The molecule has 1 aliphatic heterocycles. The number of halogens is 1. The number of nitrogens with zero attached hydrogens (tertiary/aromatic N) is 1. The van der Waals surface area contributed by atoms with Gasteiger partial charge in [0.15, 0.2) is 0 Å². The molecule has 0 aromatic heterocycles. The number of piperidine rings is 1. The minimum absolute atomic E-state index is 0.0743. The third kappa shape index (κ3) is 3.90. The highest BCUT2D eigenvalue weighted by atomic mass is 19.1. The van der Waals surface area contributed by atoms with Gasteiger partial charge < -0.3 is 10.6 Å². The average molecular weight is 290 g/mol. The molecule has 0 spiro atoms. The van der Waals surface area contributed by atoms with Crippen molar-refractivity contribution in [3.8, 4) is 0 Å². The zero-order valence-electron chi connectivity index (χ0n) is 12.0. The minimum atomic E-state index is -0.367. The largest absolute Gasteiger partial charge is 0.369 e. The number of nitrogens with two attached hydrogens (primary N) is 1. The van der Waals surface area contributed by atoms with Gasteiger partial charge in [0.1, 0.15) is 5.82 Å². The molecule has 1 aromatic rings. The summed E-state index contributed by atoms with van der Waals surface area (Å²) in [5, 5.41) is 0. The zero-order chi connectivity index (χ0) is 15.4. The van der Waals surface area contributed by atoms with E-state index in [0.29, 0.717) is 18.5 Å². The van der Waals surface area contributed by atoms with Crippen LogP contribution in [0, 0.1) is 11.7 Å². The van der Waals surface area contributed by atoms with Gasteiger partial charge in [-0.2, -0.15) is 0 Å². The van der Waals surface area contributed by atoms with Crippen molar-refractivity contribution in [3.05, 3.63) is 41.7 Å². The number of benzene rings is 1. The smallest absolute Gasteiger partial charge is 0.246 e. The molecule has 112 valence electrons. The van der Waals surface area contributed by atoms with E-state index in [9.17, 15) is 14.0 Å². The Morgan fingerprint density at radius 3 is 2.81 bits per heavy atom. The molecule has 2 amide bonds. The first-order valence-electron chi connectivity index (χ1n) is 7.01. The first kappa shape index (κ1) is 15.2. The fraction of sp³-hybridized carbons (Fsp3) is 0.375. The van der Waals surface area contributed by atoms with Crippen molar-refractivity contribution in [3.63, 3.8) is 0 Å². The third-order valence-corrected chi connectivity index (χ3v) is 3.83. The van der Waals surface area contributed by atoms with Crippen LogP contribution in [0.2, 0.25) is 0 Å². The molecule has 2 atom stereocenters. The maximum atomic E-state index is 13.1. The molecule has 1 aliphatic rings. The molecule has 0 bridgehead atoms. The van der Waals surface area contributed by atoms with Crippen LogP contribution in [-0.4, -0.2) is 29.3 Å². The number of hydrogen-bond donors (Lipinski definition) is 1. The van der Waals surface area contributed by atoms with E-state index in [0.717, 1.165) is 6.42 Å². The molecule has 2 N–H and O–H groups in total. The molecule has 1 fully saturated rings. The molecular weight excluding hydrogens is 271 g/mol. The van der Waals surface area contributed by atoms with Gasteiger partial charge in [0.05, 0.1) is 5.92 Å². The van der Waals surface area contributed by atoms with Crippen molar-refractivity contribution in [2.75, 3.05) is 6.54 Å². The summed E-state index contributed by atoms with van der Waals surface area (Å²) in [6, 6.07) is 6.09. The fourth-order valence-electron chi connectivity index (χ4n) is 2.52. The van der Waals surface area contributed by atoms with Crippen molar-refractivity contribution in [2.45, 2.75) is 25.8 Å². The van der Waals surface area contributed by atoms with Crippen LogP contribution in [0.5, 0.6) is 0 Å². The zero-order valence-corrected chi connectivity index (χ0v) is 12.0. The Morgan fingerprint density at radius 2 is 2.14 bits per heavy atom. The van der Waals surface area contributed by atoms with Crippen molar-refractivity contribution in [1.82, 2.24) is 4.90 Å². The predicted molar refractivity (Wildman–Crippen MR) is 78.5 cm³/mol. The molecule has 1 aromatic carbocycles. The number of amides is 2. The lowest BCUT2D eigenvalue weighted by Crippen LogP contribution is -2.48. The quantitative estimate of drug-likeness (QED) is 0.865. The van der Waals surface area contributed by atoms with Gasteiger partial charge in [-0.3, -0.25) is 9.59 Å². The lowest BCUT2D eigenvalue weighted by atomic mass is 9.93. The number of hydrogen-bond acceptors (Lipinski definition) is 2. The van der Waals surface area contributed by atoms with Gasteiger partial charge in [-0.1, -0.05) is 12.1 Å². The van der Waals surface area contributed by atoms with Crippen LogP contribution in [0.3, 0.4) is 0 Å². The second kappa shape index (κ2) is 6.52. The van der Waals surface area contributed by atoms with Gasteiger partial charge in [-0.25, -0.2) is 4.39 Å². The maximum Gasteiger partial charge on any atom is 0.246 e. The Morgan fingerprint density at radius 1 is 1.38 bits per heavy atom. The number of rotatable bonds is 3. The van der Waals surface area contributed by atoms with Gasteiger partial charge in [0.25, 0.3) is 0 Å². The molecular formula is C16H19FN2O2. The lowest BCUT2D eigenvalue weighted by Gasteiger charge is -2.36. The Kier molecular flexibility index (Phi) is 4.73. The summed E-state index contributed by atoms with van der Waals surface area (Å²) in [7, 11) is 0. The van der Waals surface area contributed by atoms with Crippen LogP contribution < -0.4 is 5.73 Å². The highest BCUT2D eigenvalue weighted by Gasteiger charge is 2.30. The number of primary amides is 1. The normalized spacial score (nSPS) is 22.5. The Hall–Kier alpha value is -2.17. The molecule has 21 heavy (non-hydrogen) atoms. The Bertz CT molecular complexity index is 571. The first-order chi connectivity index (χ1) is 9.97. The Labute approximate surface area is 123 Å². The first-order valence-corrected chi connectivity index (χ1v) is 7.01. The molecule has 1 heterocycles. The SMILES string of the molecule is C[C@@H]1CC[C@@H](C(N)=O)CN1C(=O)/C=C\c1cccc(F)c1. The molecule has 1 saturated heterocycles. The number of carbonyl (C=O) groups is 2. The molecule has 2 rings (SSSR count). The van der Waals surface area contributed by atoms with Crippen molar-refractivity contribution >= 4 is 17.9 Å². The van der Waals surface area contributed by atoms with E-state index in [2.05, 4.69) is 0 Å². The van der Waals surface area contributed by atoms with E-state index >= 15 is 0 Å². The van der Waals surface area contributed by atoms with Crippen molar-refractivity contribution < 1.29 is 14.0 Å². The second-order valence-electron chi connectivity index (χ2n) is 5.40. The third-order valence-electron chi connectivity index (χ3n) is 3.83. The van der Waals surface area contributed by atoms with Gasteiger partial charge >= 0.3 is 0 Å². The standard InChI is InChI=1S/C16H19FN2O2/c1-11-5-7-13(16(18)21)10-19(11)15(20)8-6-12-3-2-4-14(17)9-12/h2-4,6,8-9,11,13H,5,7,10H2,1H3,(H2,18,21)/b8-6-/t11-,13-/m1/s1. The average Bonchev–Trinajstić information content (AvgIpc) is 2.45. The summed E-state index contributed by atoms with van der Waals surface area (Å²) in [6.07, 6.45) is 4.46. The summed E-state index contributed by atoms with van der Waals surface area (Å²) in [6.45, 7) is 2.30. The van der Waals surface area contributed by atoms with Crippen LogP contribution in [0.4, 0.5) is 4.39 Å². The molecule has 0 saturated carbocycles. The van der Waals surface area contributed by atoms with Crippen LogP contribution in [0.25, 0.3) is 6.08 Å². The van der Waals surface area contributed by atoms with Crippen LogP contribution in [-0.2, 0) is 9.59 Å². The Balaban J connectivity index is 2.06. The summed E-state index contributed by atoms with van der Waals surface area (Å²) in [5.74, 6) is -1.18. The van der Waals surface area contributed by atoms with E-state index in [1.54, 1.807) is 23.1 Å². The highest BCUT2D eigenvalue weighted by molar-refractivity contribution is 5.92. The summed E-state index contributed by atoms with van der Waals surface area (Å²) < 4.78 is 13.1. The van der Waals surface area contributed by atoms with Crippen molar-refractivity contribution in [1.29, 1.82) is 0 Å². The van der Waals surface area contributed by atoms with Gasteiger partial charge in [-0.05, 0) is 43.5 Å². The van der Waals surface area contributed by atoms with Crippen LogP contribution in [0.15, 0.2) is 30.3 Å². The summed E-state index contributed by atoms with van der Waals surface area (Å²) in [5.41, 5.74) is 5.94. The molecule has 0 aliphatic carbocycles. The summed E-state index contributed by atoms with van der Waals surface area (Å²) >= 11 is 0. The van der Waals surface area contributed by atoms with Crippen molar-refractivity contribution in [2.24, 2.45) is 11.7 Å². The van der Waals surface area contributed by atoms with Gasteiger partial charge in [-0.15, -0.1) is 0 Å². The predicted octanol–water partition coefficient (Wildman–Crippen LogP) is 1.95. The second-order valence-corrected chi connectivity index (χ2v) is 5.40. The van der Waals surface area contributed by atoms with Crippen LogP contribution in [0.1, 0.15) is 25.3 Å². The molecule has 5 heteroatoms. The van der Waals surface area contributed by atoms with Crippen LogP contribution >= 0.6 is 0 Å². The molecule has 0 unspecified atom stereocenters. The number of likely N-dealkylation sites (tertiary alicyclic amines) is 1. The van der Waals surface area contributed by atoms with E-state index < -0.39 is 0 Å². The topological polar surface area (TPSA) is 63.4 Å². The van der Waals surface area contributed by atoms with Gasteiger partial charge in [0.2, 0.25) is 11.8 Å². The number of carbonyl (C=O) groups excluding carboxylic acids is 2.